The van der Waals surface area contributed by atoms with Crippen molar-refractivity contribution in [2.24, 2.45) is 10.9 Å². The van der Waals surface area contributed by atoms with E-state index >= 15 is 0 Å². The van der Waals surface area contributed by atoms with Crippen molar-refractivity contribution in [1.82, 2.24) is 20.9 Å². The average molecular weight is 430 g/mol. The van der Waals surface area contributed by atoms with Crippen LogP contribution in [0.1, 0.15) is 50.7 Å². The normalized spacial score (nSPS) is 19.0. The van der Waals surface area contributed by atoms with E-state index in [0.29, 0.717) is 25.1 Å². The van der Waals surface area contributed by atoms with Crippen LogP contribution in [0.2, 0.25) is 0 Å². The van der Waals surface area contributed by atoms with Crippen molar-refractivity contribution in [3.05, 3.63) is 35.4 Å². The first-order valence-corrected chi connectivity index (χ1v) is 11.8. The van der Waals surface area contributed by atoms with E-state index in [1.807, 2.05) is 6.92 Å². The van der Waals surface area contributed by atoms with Crippen molar-refractivity contribution in [1.29, 1.82) is 0 Å². The number of likely N-dealkylation sites (tertiary alicyclic amines) is 1. The van der Waals surface area contributed by atoms with Crippen LogP contribution in [0.15, 0.2) is 29.3 Å². The highest BCUT2D eigenvalue weighted by Gasteiger charge is 2.32. The van der Waals surface area contributed by atoms with Gasteiger partial charge in [-0.1, -0.05) is 24.3 Å². The molecule has 2 fully saturated rings. The maximum Gasteiger partial charge on any atom is 0.407 e. The molecule has 3 N–H and O–H groups in total. The number of carbonyl (C=O) groups excluding carboxylic acids is 1. The molecule has 1 saturated heterocycles. The van der Waals surface area contributed by atoms with Gasteiger partial charge in [-0.3, -0.25) is 9.89 Å². The summed E-state index contributed by atoms with van der Waals surface area (Å²) >= 11 is 0. The molecule has 1 amide bonds. The van der Waals surface area contributed by atoms with Crippen LogP contribution in [-0.4, -0.2) is 61.8 Å². The lowest BCUT2D eigenvalue weighted by Crippen LogP contribution is -2.49. The molecular formula is C24H39N5O2. The van der Waals surface area contributed by atoms with E-state index in [1.165, 1.54) is 11.1 Å². The van der Waals surface area contributed by atoms with Crippen molar-refractivity contribution in [3.8, 4) is 0 Å². The lowest BCUT2D eigenvalue weighted by atomic mass is 10.0. The fourth-order valence-corrected chi connectivity index (χ4v) is 4.10. The zero-order valence-corrected chi connectivity index (χ0v) is 19.3. The molecular weight excluding hydrogens is 390 g/mol. The zero-order chi connectivity index (χ0) is 22.1. The number of alkyl carbamates (subject to hydrolysis) is 1. The number of hydrogen-bond acceptors (Lipinski definition) is 4. The molecule has 3 rings (SSSR count). The summed E-state index contributed by atoms with van der Waals surface area (Å²) in [5.41, 5.74) is 2.79. The summed E-state index contributed by atoms with van der Waals surface area (Å²) in [7, 11) is 0. The zero-order valence-electron chi connectivity index (χ0n) is 19.3. The van der Waals surface area contributed by atoms with Gasteiger partial charge >= 0.3 is 6.09 Å². The number of nitrogens with zero attached hydrogens (tertiary/aromatic N) is 2. The van der Waals surface area contributed by atoms with E-state index in [2.05, 4.69) is 59.0 Å². The first-order chi connectivity index (χ1) is 15.1. The summed E-state index contributed by atoms with van der Waals surface area (Å²) in [5.74, 6) is 1.36. The molecule has 1 atom stereocenters. The lowest BCUT2D eigenvalue weighted by Gasteiger charge is -2.33. The van der Waals surface area contributed by atoms with Gasteiger partial charge in [-0.15, -0.1) is 0 Å². The number of guanidine groups is 1. The van der Waals surface area contributed by atoms with Gasteiger partial charge in [-0.25, -0.2) is 4.79 Å². The Morgan fingerprint density at radius 2 is 1.94 bits per heavy atom. The molecule has 172 valence electrons. The number of aryl methyl sites for hydroxylation is 1. The van der Waals surface area contributed by atoms with Gasteiger partial charge in [-0.2, -0.15) is 0 Å². The predicted molar refractivity (Wildman–Crippen MR) is 125 cm³/mol. The maximum absolute atomic E-state index is 11.8. The van der Waals surface area contributed by atoms with E-state index in [0.717, 1.165) is 57.8 Å². The molecule has 2 aliphatic rings. The Bertz CT molecular complexity index is 726. The Hall–Kier alpha value is -2.28. The van der Waals surface area contributed by atoms with Crippen LogP contribution in [0.3, 0.4) is 0 Å². The minimum Gasteiger partial charge on any atom is -0.450 e. The number of rotatable bonds is 9. The summed E-state index contributed by atoms with van der Waals surface area (Å²) < 4.78 is 5.05. The number of aliphatic imine (C=N–C) groups is 1. The first kappa shape index (κ1) is 23.4. The minimum absolute atomic E-state index is 0.0467. The van der Waals surface area contributed by atoms with Crippen molar-refractivity contribution >= 4 is 12.1 Å². The summed E-state index contributed by atoms with van der Waals surface area (Å²) in [4.78, 5) is 19.2. The van der Waals surface area contributed by atoms with Crippen molar-refractivity contribution in [2.45, 2.75) is 65.1 Å². The topological polar surface area (TPSA) is 78.0 Å². The SMILES string of the molecule is CCNC(=NCC(NC(=O)OCC)C1CC1)NC1CCN(Cc2ccccc2C)CC1. The van der Waals surface area contributed by atoms with E-state index in [4.69, 9.17) is 9.73 Å². The minimum atomic E-state index is -0.339. The third kappa shape index (κ3) is 7.73. The molecule has 31 heavy (non-hydrogen) atoms. The largest absolute Gasteiger partial charge is 0.450 e. The number of piperidine rings is 1. The van der Waals surface area contributed by atoms with Crippen LogP contribution in [0.4, 0.5) is 4.79 Å². The van der Waals surface area contributed by atoms with Crippen molar-refractivity contribution < 1.29 is 9.53 Å². The van der Waals surface area contributed by atoms with E-state index < -0.39 is 0 Å². The summed E-state index contributed by atoms with van der Waals surface area (Å²) in [5, 5.41) is 9.96. The quantitative estimate of drug-likeness (QED) is 0.415. The molecule has 1 aromatic rings. The fourth-order valence-electron chi connectivity index (χ4n) is 4.10. The standard InChI is InChI=1S/C24H39N5O2/c1-4-25-23(26-16-22(19-10-11-19)28-24(30)31-5-2)27-21-12-14-29(15-13-21)17-20-9-7-6-8-18(20)3/h6-9,19,21-22H,4-5,10-17H2,1-3H3,(H,28,30)(H2,25,26,27). The second-order valence-corrected chi connectivity index (χ2v) is 8.65. The molecule has 0 aromatic heterocycles. The lowest BCUT2D eigenvalue weighted by molar-refractivity contribution is 0.147. The first-order valence-electron chi connectivity index (χ1n) is 11.8. The van der Waals surface area contributed by atoms with Crippen LogP contribution in [0, 0.1) is 12.8 Å². The molecule has 1 heterocycles. The number of benzene rings is 1. The van der Waals surface area contributed by atoms with Crippen molar-refractivity contribution in [3.63, 3.8) is 0 Å². The molecule has 1 saturated carbocycles. The number of ether oxygens (including phenoxy) is 1. The number of nitrogens with one attached hydrogen (secondary N) is 3. The van der Waals surface area contributed by atoms with Gasteiger partial charge in [0.05, 0.1) is 19.2 Å². The smallest absolute Gasteiger partial charge is 0.407 e. The van der Waals surface area contributed by atoms with Crippen LogP contribution in [0.5, 0.6) is 0 Å². The number of amides is 1. The second kappa shape index (κ2) is 11.9. The van der Waals surface area contributed by atoms with Gasteiger partial charge in [0.25, 0.3) is 0 Å². The van der Waals surface area contributed by atoms with Crippen LogP contribution < -0.4 is 16.0 Å². The Labute approximate surface area is 187 Å². The van der Waals surface area contributed by atoms with Crippen molar-refractivity contribution in [2.75, 3.05) is 32.8 Å². The molecule has 1 aliphatic carbocycles. The molecule has 7 nitrogen and oxygen atoms in total. The third-order valence-electron chi connectivity index (χ3n) is 6.14. The molecule has 1 aromatic carbocycles. The Morgan fingerprint density at radius 1 is 1.19 bits per heavy atom. The Balaban J connectivity index is 1.48. The maximum atomic E-state index is 11.8. The molecule has 0 spiro atoms. The monoisotopic (exact) mass is 429 g/mol. The molecule has 7 heteroatoms. The molecule has 1 aliphatic heterocycles. The van der Waals surface area contributed by atoms with Gasteiger partial charge in [0.15, 0.2) is 5.96 Å². The van der Waals surface area contributed by atoms with E-state index in [9.17, 15) is 4.79 Å². The average Bonchev–Trinajstić information content (AvgIpc) is 3.60. The summed E-state index contributed by atoms with van der Waals surface area (Å²) in [6.07, 6.45) is 4.16. The number of carbonyl (C=O) groups is 1. The summed E-state index contributed by atoms with van der Waals surface area (Å²) in [6, 6.07) is 9.12. The highest BCUT2D eigenvalue weighted by molar-refractivity contribution is 5.80. The van der Waals surface area contributed by atoms with Crippen LogP contribution >= 0.6 is 0 Å². The third-order valence-corrected chi connectivity index (χ3v) is 6.14. The Kier molecular flexibility index (Phi) is 9.00. The summed E-state index contributed by atoms with van der Waals surface area (Å²) in [6.45, 7) is 11.1. The van der Waals surface area contributed by atoms with Gasteiger partial charge in [0.2, 0.25) is 0 Å². The van der Waals surface area contributed by atoms with E-state index in [1.54, 1.807) is 0 Å². The van der Waals surface area contributed by atoms with E-state index in [-0.39, 0.29) is 12.1 Å². The van der Waals surface area contributed by atoms with Crippen LogP contribution in [-0.2, 0) is 11.3 Å². The predicted octanol–water partition coefficient (Wildman–Crippen LogP) is 3.04. The second-order valence-electron chi connectivity index (χ2n) is 8.65. The van der Waals surface area contributed by atoms with Gasteiger partial charge in [-0.05, 0) is 63.5 Å². The Morgan fingerprint density at radius 3 is 2.58 bits per heavy atom. The van der Waals surface area contributed by atoms with Crippen LogP contribution in [0.25, 0.3) is 0 Å². The van der Waals surface area contributed by atoms with Gasteiger partial charge in [0, 0.05) is 32.2 Å². The fraction of sp³-hybridized carbons (Fsp3) is 0.667. The highest BCUT2D eigenvalue weighted by atomic mass is 16.5. The highest BCUT2D eigenvalue weighted by Crippen LogP contribution is 2.32. The molecule has 0 bridgehead atoms. The number of hydrogen-bond donors (Lipinski definition) is 3. The van der Waals surface area contributed by atoms with Gasteiger partial charge < -0.3 is 20.7 Å². The van der Waals surface area contributed by atoms with Gasteiger partial charge in [0.1, 0.15) is 0 Å². The molecule has 0 radical (unpaired) electrons. The molecule has 1 unspecified atom stereocenters.